The van der Waals surface area contributed by atoms with E-state index < -0.39 is 18.3 Å². The summed E-state index contributed by atoms with van der Waals surface area (Å²) in [5.74, 6) is 0.662. The molecule has 0 N–H and O–H groups in total. The molecule has 1 saturated heterocycles. The van der Waals surface area contributed by atoms with Gasteiger partial charge >= 0.3 is 7.12 Å². The standard InChI is InChI=1S/C14H20BFO2S/c1-6-19-12-8-10(7-11(16)9-12)15-17-13(2,3)14(4,5)18-15/h7-9H,6H2,1-5H3. The van der Waals surface area contributed by atoms with E-state index >= 15 is 0 Å². The first-order valence-electron chi connectivity index (χ1n) is 6.54. The van der Waals surface area contributed by atoms with Crippen molar-refractivity contribution in [3.8, 4) is 0 Å². The first-order valence-corrected chi connectivity index (χ1v) is 7.52. The lowest BCUT2D eigenvalue weighted by molar-refractivity contribution is 0.00578. The van der Waals surface area contributed by atoms with E-state index in [1.54, 1.807) is 17.8 Å². The molecule has 0 amide bonds. The van der Waals surface area contributed by atoms with Gasteiger partial charge in [0.1, 0.15) is 5.82 Å². The van der Waals surface area contributed by atoms with Crippen LogP contribution in [-0.4, -0.2) is 24.1 Å². The molecule has 1 fully saturated rings. The number of hydrogen-bond donors (Lipinski definition) is 0. The summed E-state index contributed by atoms with van der Waals surface area (Å²) in [5.41, 5.74) is -0.0565. The van der Waals surface area contributed by atoms with Crippen LogP contribution in [0.3, 0.4) is 0 Å². The first-order chi connectivity index (χ1) is 8.75. The van der Waals surface area contributed by atoms with Crippen molar-refractivity contribution in [2.75, 3.05) is 5.75 Å². The zero-order valence-electron chi connectivity index (χ0n) is 12.1. The van der Waals surface area contributed by atoms with Crippen LogP contribution in [0, 0.1) is 5.82 Å². The van der Waals surface area contributed by atoms with Crippen LogP contribution in [-0.2, 0) is 9.31 Å². The fourth-order valence-electron chi connectivity index (χ4n) is 1.95. The van der Waals surface area contributed by atoms with Crippen molar-refractivity contribution in [2.24, 2.45) is 0 Å². The number of thioether (sulfide) groups is 1. The van der Waals surface area contributed by atoms with Crippen LogP contribution in [0.1, 0.15) is 34.6 Å². The molecule has 1 heterocycles. The van der Waals surface area contributed by atoms with E-state index in [1.165, 1.54) is 6.07 Å². The van der Waals surface area contributed by atoms with Crippen LogP contribution >= 0.6 is 11.8 Å². The van der Waals surface area contributed by atoms with Crippen molar-refractivity contribution in [1.29, 1.82) is 0 Å². The molecule has 2 nitrogen and oxygen atoms in total. The lowest BCUT2D eigenvalue weighted by Gasteiger charge is -2.32. The highest BCUT2D eigenvalue weighted by molar-refractivity contribution is 7.99. The molecule has 0 spiro atoms. The monoisotopic (exact) mass is 282 g/mol. The van der Waals surface area contributed by atoms with Gasteiger partial charge in [-0.3, -0.25) is 0 Å². The summed E-state index contributed by atoms with van der Waals surface area (Å²) in [7, 11) is -0.503. The van der Waals surface area contributed by atoms with Crippen molar-refractivity contribution in [1.82, 2.24) is 0 Å². The second-order valence-corrected chi connectivity index (χ2v) is 7.08. The van der Waals surface area contributed by atoms with Crippen molar-refractivity contribution in [3.63, 3.8) is 0 Å². The predicted octanol–water partition coefficient (Wildman–Crippen LogP) is 3.24. The van der Waals surface area contributed by atoms with Crippen molar-refractivity contribution >= 4 is 24.3 Å². The molecule has 0 unspecified atom stereocenters. The third kappa shape index (κ3) is 2.98. The van der Waals surface area contributed by atoms with E-state index in [2.05, 4.69) is 0 Å². The summed E-state index contributed by atoms with van der Waals surface area (Å²) in [4.78, 5) is 0.909. The SMILES string of the molecule is CCSc1cc(F)cc(B2OC(C)(C)C(C)(C)O2)c1. The van der Waals surface area contributed by atoms with Gasteiger partial charge in [0.15, 0.2) is 0 Å². The van der Waals surface area contributed by atoms with Crippen LogP contribution in [0.2, 0.25) is 0 Å². The van der Waals surface area contributed by atoms with Gasteiger partial charge in [0, 0.05) is 4.90 Å². The molecular weight excluding hydrogens is 262 g/mol. The second kappa shape index (κ2) is 5.11. The van der Waals surface area contributed by atoms with Crippen LogP contribution in [0.5, 0.6) is 0 Å². The largest absolute Gasteiger partial charge is 0.494 e. The molecule has 0 aliphatic carbocycles. The minimum atomic E-state index is -0.503. The third-order valence-corrected chi connectivity index (χ3v) is 4.59. The maximum absolute atomic E-state index is 13.7. The van der Waals surface area contributed by atoms with Gasteiger partial charge < -0.3 is 9.31 Å². The highest BCUT2D eigenvalue weighted by Crippen LogP contribution is 2.36. The van der Waals surface area contributed by atoms with Crippen molar-refractivity contribution in [3.05, 3.63) is 24.0 Å². The lowest BCUT2D eigenvalue weighted by Crippen LogP contribution is -2.41. The van der Waals surface area contributed by atoms with E-state index in [0.29, 0.717) is 0 Å². The Morgan fingerprint density at radius 2 is 1.68 bits per heavy atom. The fraction of sp³-hybridized carbons (Fsp3) is 0.571. The normalized spacial score (nSPS) is 20.8. The molecule has 1 aromatic rings. The first kappa shape index (κ1) is 14.9. The van der Waals surface area contributed by atoms with Crippen LogP contribution in [0.4, 0.5) is 4.39 Å². The number of benzene rings is 1. The Kier molecular flexibility index (Phi) is 4.01. The van der Waals surface area contributed by atoms with E-state index in [-0.39, 0.29) is 5.82 Å². The smallest absolute Gasteiger partial charge is 0.399 e. The van der Waals surface area contributed by atoms with Gasteiger partial charge in [-0.25, -0.2) is 4.39 Å². The third-order valence-electron chi connectivity index (χ3n) is 3.73. The Hall–Kier alpha value is -0.515. The second-order valence-electron chi connectivity index (χ2n) is 5.74. The molecule has 19 heavy (non-hydrogen) atoms. The molecule has 0 bridgehead atoms. The topological polar surface area (TPSA) is 18.5 Å². The van der Waals surface area contributed by atoms with Gasteiger partial charge in [-0.1, -0.05) is 6.92 Å². The highest BCUT2D eigenvalue weighted by atomic mass is 32.2. The summed E-state index contributed by atoms with van der Waals surface area (Å²) >= 11 is 1.61. The Labute approximate surface area is 119 Å². The number of halogens is 1. The predicted molar refractivity (Wildman–Crippen MR) is 78.5 cm³/mol. The average molecular weight is 282 g/mol. The Balaban J connectivity index is 2.29. The van der Waals surface area contributed by atoms with Crippen molar-refractivity contribution < 1.29 is 13.7 Å². The summed E-state index contributed by atoms with van der Waals surface area (Å²) < 4.78 is 25.5. The average Bonchev–Trinajstić information content (AvgIpc) is 2.48. The minimum Gasteiger partial charge on any atom is -0.399 e. The molecule has 104 valence electrons. The molecule has 0 aromatic heterocycles. The molecule has 2 rings (SSSR count). The fourth-order valence-corrected chi connectivity index (χ4v) is 2.70. The van der Waals surface area contributed by atoms with Crippen molar-refractivity contribution in [2.45, 2.75) is 50.7 Å². The Morgan fingerprint density at radius 1 is 1.11 bits per heavy atom. The minimum absolute atomic E-state index is 0.247. The van der Waals surface area contributed by atoms with Crippen LogP contribution in [0.25, 0.3) is 0 Å². The molecule has 1 aliphatic rings. The van der Waals surface area contributed by atoms with Gasteiger partial charge in [0.25, 0.3) is 0 Å². The van der Waals surface area contributed by atoms with E-state index in [1.807, 2.05) is 40.7 Å². The lowest BCUT2D eigenvalue weighted by atomic mass is 9.79. The van der Waals surface area contributed by atoms with Crippen LogP contribution < -0.4 is 5.46 Å². The van der Waals surface area contributed by atoms with Gasteiger partial charge in [-0.2, -0.15) is 0 Å². The van der Waals surface area contributed by atoms with Crippen LogP contribution in [0.15, 0.2) is 23.1 Å². The summed E-state index contributed by atoms with van der Waals surface area (Å²) in [5, 5.41) is 0. The molecule has 1 aromatic carbocycles. The van der Waals surface area contributed by atoms with E-state index in [4.69, 9.17) is 9.31 Å². The number of rotatable bonds is 3. The van der Waals surface area contributed by atoms with Gasteiger partial charge in [0.05, 0.1) is 11.2 Å². The maximum atomic E-state index is 13.7. The molecule has 0 atom stereocenters. The molecular formula is C14H20BFO2S. The van der Waals surface area contributed by atoms with E-state index in [0.717, 1.165) is 16.1 Å². The quantitative estimate of drug-likeness (QED) is 0.626. The number of hydrogen-bond acceptors (Lipinski definition) is 3. The molecule has 0 saturated carbocycles. The summed E-state index contributed by atoms with van der Waals surface area (Å²) in [6, 6.07) is 4.98. The molecule has 5 heteroatoms. The maximum Gasteiger partial charge on any atom is 0.494 e. The molecule has 0 radical (unpaired) electrons. The Morgan fingerprint density at radius 3 is 2.21 bits per heavy atom. The van der Waals surface area contributed by atoms with Gasteiger partial charge in [-0.15, -0.1) is 11.8 Å². The summed E-state index contributed by atoms with van der Waals surface area (Å²) in [6.07, 6.45) is 0. The zero-order chi connectivity index (χ0) is 14.3. The zero-order valence-corrected chi connectivity index (χ0v) is 12.9. The Bertz CT molecular complexity index is 461. The highest BCUT2D eigenvalue weighted by Gasteiger charge is 2.51. The molecule has 1 aliphatic heterocycles. The summed E-state index contributed by atoms with van der Waals surface area (Å²) in [6.45, 7) is 10.0. The van der Waals surface area contributed by atoms with Gasteiger partial charge in [-0.05, 0) is 57.1 Å². The van der Waals surface area contributed by atoms with Gasteiger partial charge in [0.2, 0.25) is 0 Å². The van der Waals surface area contributed by atoms with E-state index in [9.17, 15) is 4.39 Å².